The van der Waals surface area contributed by atoms with Gasteiger partial charge in [-0.25, -0.2) is 8.42 Å². The molecule has 1 aromatic rings. The molecule has 0 radical (unpaired) electrons. The van der Waals surface area contributed by atoms with Crippen LogP contribution < -0.4 is 0 Å². The Morgan fingerprint density at radius 2 is 1.86 bits per heavy atom. The fraction of sp³-hybridized carbons (Fsp3) is 0.462. The molecular formula is C13H16Cl3NO3S. The van der Waals surface area contributed by atoms with Crippen LogP contribution in [-0.2, 0) is 9.05 Å². The molecule has 4 nitrogen and oxygen atoms in total. The molecule has 0 aliphatic heterocycles. The van der Waals surface area contributed by atoms with Crippen LogP contribution in [0, 0.1) is 5.92 Å². The highest BCUT2D eigenvalue weighted by Crippen LogP contribution is 2.31. The summed E-state index contributed by atoms with van der Waals surface area (Å²) in [5, 5.41) is -0.0267. The molecule has 1 atom stereocenters. The molecule has 0 heterocycles. The zero-order valence-corrected chi connectivity index (χ0v) is 14.9. The van der Waals surface area contributed by atoms with Gasteiger partial charge in [0.25, 0.3) is 15.0 Å². The molecule has 0 saturated carbocycles. The summed E-state index contributed by atoms with van der Waals surface area (Å²) in [6, 6.07) is 2.32. The second kappa shape index (κ2) is 7.18. The van der Waals surface area contributed by atoms with Crippen molar-refractivity contribution in [1.29, 1.82) is 0 Å². The van der Waals surface area contributed by atoms with Gasteiger partial charge in [-0.3, -0.25) is 4.79 Å². The standard InChI is InChI=1S/C13H16Cl3NO3S/c1-4-8(2)7-17(3)13(18)9-5-12(21(16,19)20)11(15)6-10(9)14/h5-6,8H,4,7H2,1-3H3. The molecule has 0 N–H and O–H groups in total. The lowest BCUT2D eigenvalue weighted by Gasteiger charge is -2.21. The molecule has 118 valence electrons. The van der Waals surface area contributed by atoms with Crippen LogP contribution >= 0.6 is 33.9 Å². The highest BCUT2D eigenvalue weighted by atomic mass is 35.7. The lowest BCUT2D eigenvalue weighted by atomic mass is 10.1. The van der Waals surface area contributed by atoms with Crippen molar-refractivity contribution in [2.24, 2.45) is 5.92 Å². The van der Waals surface area contributed by atoms with Gasteiger partial charge < -0.3 is 4.90 Å². The second-order valence-corrected chi connectivity index (χ2v) is 8.25. The molecule has 0 aliphatic rings. The minimum Gasteiger partial charge on any atom is -0.341 e. The van der Waals surface area contributed by atoms with Crippen LogP contribution in [0.5, 0.6) is 0 Å². The maximum absolute atomic E-state index is 12.4. The van der Waals surface area contributed by atoms with E-state index in [2.05, 4.69) is 0 Å². The van der Waals surface area contributed by atoms with Crippen molar-refractivity contribution in [2.75, 3.05) is 13.6 Å². The summed E-state index contributed by atoms with van der Waals surface area (Å²) in [6.45, 7) is 4.58. The monoisotopic (exact) mass is 371 g/mol. The highest BCUT2D eigenvalue weighted by Gasteiger charge is 2.23. The van der Waals surface area contributed by atoms with Crippen LogP contribution in [0.15, 0.2) is 17.0 Å². The van der Waals surface area contributed by atoms with E-state index in [0.29, 0.717) is 12.5 Å². The molecule has 0 aromatic heterocycles. The van der Waals surface area contributed by atoms with E-state index in [1.807, 2.05) is 13.8 Å². The Bertz CT molecular complexity index is 646. The van der Waals surface area contributed by atoms with E-state index < -0.39 is 9.05 Å². The Kier molecular flexibility index (Phi) is 6.35. The van der Waals surface area contributed by atoms with Crippen molar-refractivity contribution in [3.63, 3.8) is 0 Å². The lowest BCUT2D eigenvalue weighted by Crippen LogP contribution is -2.31. The topological polar surface area (TPSA) is 54.5 Å². The van der Waals surface area contributed by atoms with Gasteiger partial charge in [0.05, 0.1) is 15.6 Å². The Hall–Kier alpha value is -0.490. The first-order valence-electron chi connectivity index (χ1n) is 6.27. The molecule has 0 bridgehead atoms. The number of carbonyl (C=O) groups is 1. The van der Waals surface area contributed by atoms with Crippen molar-refractivity contribution in [3.05, 3.63) is 27.7 Å². The van der Waals surface area contributed by atoms with Gasteiger partial charge >= 0.3 is 0 Å². The van der Waals surface area contributed by atoms with Crippen molar-refractivity contribution in [3.8, 4) is 0 Å². The molecule has 1 amide bonds. The zero-order valence-electron chi connectivity index (χ0n) is 11.9. The summed E-state index contributed by atoms with van der Waals surface area (Å²) in [7, 11) is 2.88. The van der Waals surface area contributed by atoms with Crippen LogP contribution in [-0.4, -0.2) is 32.8 Å². The summed E-state index contributed by atoms with van der Waals surface area (Å²) in [6.07, 6.45) is 0.924. The van der Waals surface area contributed by atoms with Gasteiger partial charge in [-0.15, -0.1) is 0 Å². The van der Waals surface area contributed by atoms with Crippen LogP contribution in [0.2, 0.25) is 10.0 Å². The minimum atomic E-state index is -4.05. The van der Waals surface area contributed by atoms with Gasteiger partial charge in [-0.1, -0.05) is 43.5 Å². The summed E-state index contributed by atoms with van der Waals surface area (Å²) >= 11 is 11.8. The normalized spacial score (nSPS) is 13.0. The summed E-state index contributed by atoms with van der Waals surface area (Å²) in [5.41, 5.74) is 0.0612. The average Bonchev–Trinajstić information content (AvgIpc) is 2.36. The van der Waals surface area contributed by atoms with Gasteiger partial charge in [0.1, 0.15) is 4.90 Å². The average molecular weight is 373 g/mol. The second-order valence-electron chi connectivity index (χ2n) is 4.90. The molecule has 0 aliphatic carbocycles. The van der Waals surface area contributed by atoms with E-state index in [-0.39, 0.29) is 26.4 Å². The Morgan fingerprint density at radius 3 is 2.33 bits per heavy atom. The molecule has 8 heteroatoms. The summed E-state index contributed by atoms with van der Waals surface area (Å²) in [4.78, 5) is 13.5. The molecule has 0 spiro atoms. The van der Waals surface area contributed by atoms with Crippen molar-refractivity contribution >= 4 is 48.8 Å². The maximum Gasteiger partial charge on any atom is 0.262 e. The molecule has 0 fully saturated rings. The Morgan fingerprint density at radius 1 is 1.29 bits per heavy atom. The van der Waals surface area contributed by atoms with E-state index in [1.165, 1.54) is 11.0 Å². The first-order chi connectivity index (χ1) is 9.57. The maximum atomic E-state index is 12.4. The van der Waals surface area contributed by atoms with Crippen molar-refractivity contribution in [1.82, 2.24) is 4.90 Å². The fourth-order valence-corrected chi connectivity index (χ4v) is 3.59. The number of halogens is 3. The molecular weight excluding hydrogens is 357 g/mol. The number of amides is 1. The van der Waals surface area contributed by atoms with Gasteiger partial charge in [-0.05, 0) is 18.1 Å². The largest absolute Gasteiger partial charge is 0.341 e. The summed E-state index contributed by atoms with van der Waals surface area (Å²) < 4.78 is 22.9. The first kappa shape index (κ1) is 18.6. The molecule has 1 aromatic carbocycles. The molecule has 0 saturated heterocycles. The number of rotatable bonds is 5. The summed E-state index contributed by atoms with van der Waals surface area (Å²) in [5.74, 6) is -0.0558. The zero-order chi connectivity index (χ0) is 16.4. The van der Waals surface area contributed by atoms with Gasteiger partial charge in [0.2, 0.25) is 0 Å². The van der Waals surface area contributed by atoms with Crippen molar-refractivity contribution < 1.29 is 13.2 Å². The number of carbonyl (C=O) groups excluding carboxylic acids is 1. The SMILES string of the molecule is CCC(C)CN(C)C(=O)c1cc(S(=O)(=O)Cl)c(Cl)cc1Cl. The smallest absolute Gasteiger partial charge is 0.262 e. The van der Waals surface area contributed by atoms with E-state index in [1.54, 1.807) is 7.05 Å². The predicted octanol–water partition coefficient (Wildman–Crippen LogP) is 4.04. The fourth-order valence-electron chi connectivity index (χ4n) is 1.77. The third kappa shape index (κ3) is 4.74. The first-order valence-corrected chi connectivity index (χ1v) is 9.33. The van der Waals surface area contributed by atoms with Crippen LogP contribution in [0.1, 0.15) is 30.6 Å². The number of hydrogen-bond donors (Lipinski definition) is 0. The third-order valence-electron chi connectivity index (χ3n) is 3.14. The minimum absolute atomic E-state index is 0.0612. The van der Waals surface area contributed by atoms with Crippen LogP contribution in [0.25, 0.3) is 0 Å². The third-order valence-corrected chi connectivity index (χ3v) is 5.24. The molecule has 21 heavy (non-hydrogen) atoms. The molecule has 1 unspecified atom stereocenters. The molecule has 1 rings (SSSR count). The highest BCUT2D eigenvalue weighted by molar-refractivity contribution is 8.13. The number of hydrogen-bond acceptors (Lipinski definition) is 3. The van der Waals surface area contributed by atoms with E-state index in [4.69, 9.17) is 33.9 Å². The Balaban J connectivity index is 3.22. The van der Waals surface area contributed by atoms with Crippen LogP contribution in [0.3, 0.4) is 0 Å². The van der Waals surface area contributed by atoms with E-state index >= 15 is 0 Å². The van der Waals surface area contributed by atoms with Gasteiger partial charge in [0, 0.05) is 24.3 Å². The van der Waals surface area contributed by atoms with Gasteiger partial charge in [-0.2, -0.15) is 0 Å². The lowest BCUT2D eigenvalue weighted by molar-refractivity contribution is 0.0775. The van der Waals surface area contributed by atoms with Crippen LogP contribution in [0.4, 0.5) is 0 Å². The Labute approximate surface area is 139 Å². The van der Waals surface area contributed by atoms with Gasteiger partial charge in [0.15, 0.2) is 0 Å². The number of nitrogens with zero attached hydrogens (tertiary/aromatic N) is 1. The van der Waals surface area contributed by atoms with E-state index in [0.717, 1.165) is 12.5 Å². The number of benzene rings is 1. The van der Waals surface area contributed by atoms with E-state index in [9.17, 15) is 13.2 Å². The van der Waals surface area contributed by atoms with Crippen molar-refractivity contribution in [2.45, 2.75) is 25.2 Å². The quantitative estimate of drug-likeness (QED) is 0.733. The predicted molar refractivity (Wildman–Crippen MR) is 85.9 cm³/mol.